The van der Waals surface area contributed by atoms with E-state index in [-0.39, 0.29) is 5.78 Å². The van der Waals surface area contributed by atoms with E-state index in [9.17, 15) is 4.79 Å². The lowest BCUT2D eigenvalue weighted by Crippen LogP contribution is -1.93. The zero-order chi connectivity index (χ0) is 15.2. The molecule has 0 saturated heterocycles. The van der Waals surface area contributed by atoms with Crippen LogP contribution < -0.4 is 9.47 Å². The third-order valence-electron chi connectivity index (χ3n) is 2.96. The summed E-state index contributed by atoms with van der Waals surface area (Å²) in [6.45, 7) is 0. The Morgan fingerprint density at radius 3 is 2.29 bits per heavy atom. The van der Waals surface area contributed by atoms with Gasteiger partial charge in [-0.25, -0.2) is 0 Å². The first kappa shape index (κ1) is 15.3. The highest BCUT2D eigenvalue weighted by molar-refractivity contribution is 9.10. The average Bonchev–Trinajstić information content (AvgIpc) is 2.52. The van der Waals surface area contributed by atoms with E-state index in [1.54, 1.807) is 38.5 Å². The Kier molecular flexibility index (Phi) is 5.17. The van der Waals surface area contributed by atoms with Gasteiger partial charge >= 0.3 is 0 Å². The maximum atomic E-state index is 12.0. The van der Waals surface area contributed by atoms with Crippen LogP contribution in [-0.4, -0.2) is 20.0 Å². The number of hydrogen-bond acceptors (Lipinski definition) is 3. The second-order valence-electron chi connectivity index (χ2n) is 4.32. The van der Waals surface area contributed by atoms with E-state index in [0.29, 0.717) is 17.1 Å². The molecular weight excluding hydrogens is 332 g/mol. The van der Waals surface area contributed by atoms with Crippen LogP contribution in [0.1, 0.15) is 15.9 Å². The number of allylic oxidation sites excluding steroid dienone is 1. The molecule has 0 aliphatic heterocycles. The summed E-state index contributed by atoms with van der Waals surface area (Å²) in [4.78, 5) is 12.0. The molecule has 0 saturated carbocycles. The van der Waals surface area contributed by atoms with Gasteiger partial charge in [0.1, 0.15) is 0 Å². The molecule has 0 heterocycles. The average molecular weight is 347 g/mol. The smallest absolute Gasteiger partial charge is 0.185 e. The van der Waals surface area contributed by atoms with Crippen molar-refractivity contribution in [3.8, 4) is 11.5 Å². The van der Waals surface area contributed by atoms with Gasteiger partial charge in [0.25, 0.3) is 0 Å². The fourth-order valence-electron chi connectivity index (χ4n) is 1.84. The van der Waals surface area contributed by atoms with Crippen LogP contribution in [0.25, 0.3) is 6.08 Å². The number of rotatable bonds is 5. The molecule has 0 N–H and O–H groups in total. The number of benzene rings is 2. The van der Waals surface area contributed by atoms with E-state index in [4.69, 9.17) is 9.47 Å². The van der Waals surface area contributed by atoms with E-state index in [1.807, 2.05) is 30.3 Å². The molecule has 0 bridgehead atoms. The quantitative estimate of drug-likeness (QED) is 0.595. The van der Waals surface area contributed by atoms with E-state index in [2.05, 4.69) is 15.9 Å². The third kappa shape index (κ3) is 3.95. The lowest BCUT2D eigenvalue weighted by molar-refractivity contribution is 0.104. The number of carbonyl (C=O) groups is 1. The van der Waals surface area contributed by atoms with Gasteiger partial charge in [0.2, 0.25) is 0 Å². The van der Waals surface area contributed by atoms with Crippen LogP contribution in [0.2, 0.25) is 0 Å². The predicted molar refractivity (Wildman–Crippen MR) is 87.1 cm³/mol. The molecule has 0 fully saturated rings. The lowest BCUT2D eigenvalue weighted by Gasteiger charge is -2.07. The second-order valence-corrected chi connectivity index (χ2v) is 5.23. The molecule has 2 rings (SSSR count). The van der Waals surface area contributed by atoms with Crippen molar-refractivity contribution >= 4 is 27.8 Å². The minimum atomic E-state index is -0.0442. The Morgan fingerprint density at radius 2 is 1.67 bits per heavy atom. The zero-order valence-corrected chi connectivity index (χ0v) is 13.4. The Hall–Kier alpha value is -2.07. The van der Waals surface area contributed by atoms with Crippen molar-refractivity contribution in [3.63, 3.8) is 0 Å². The van der Waals surface area contributed by atoms with E-state index >= 15 is 0 Å². The minimum Gasteiger partial charge on any atom is -0.493 e. The van der Waals surface area contributed by atoms with Gasteiger partial charge in [-0.15, -0.1) is 0 Å². The van der Waals surface area contributed by atoms with Gasteiger partial charge in [0, 0.05) is 10.0 Å². The predicted octanol–water partition coefficient (Wildman–Crippen LogP) is 4.36. The Labute approximate surface area is 132 Å². The van der Waals surface area contributed by atoms with Crippen molar-refractivity contribution < 1.29 is 14.3 Å². The van der Waals surface area contributed by atoms with Crippen molar-refractivity contribution in [1.82, 2.24) is 0 Å². The Morgan fingerprint density at radius 1 is 1.00 bits per heavy atom. The molecule has 0 atom stereocenters. The maximum absolute atomic E-state index is 12.0. The summed E-state index contributed by atoms with van der Waals surface area (Å²) in [5, 5.41) is 0. The van der Waals surface area contributed by atoms with Crippen LogP contribution in [-0.2, 0) is 0 Å². The summed E-state index contributed by atoms with van der Waals surface area (Å²) in [6.07, 6.45) is 3.30. The Balaban J connectivity index is 2.17. The first-order chi connectivity index (χ1) is 10.1. The number of methoxy groups -OCH3 is 2. The van der Waals surface area contributed by atoms with Crippen molar-refractivity contribution in [2.45, 2.75) is 0 Å². The summed E-state index contributed by atoms with van der Waals surface area (Å²) >= 11 is 3.34. The van der Waals surface area contributed by atoms with Crippen molar-refractivity contribution in [1.29, 1.82) is 0 Å². The lowest BCUT2D eigenvalue weighted by atomic mass is 10.1. The molecule has 3 nitrogen and oxygen atoms in total. The molecule has 0 aromatic heterocycles. The topological polar surface area (TPSA) is 35.5 Å². The van der Waals surface area contributed by atoms with Crippen molar-refractivity contribution in [3.05, 3.63) is 64.1 Å². The molecule has 21 heavy (non-hydrogen) atoms. The highest BCUT2D eigenvalue weighted by Crippen LogP contribution is 2.28. The second kappa shape index (κ2) is 7.09. The monoisotopic (exact) mass is 346 g/mol. The SMILES string of the molecule is COc1ccc(C=CC(=O)c2ccc(Br)cc2)cc1OC. The standard InChI is InChI=1S/C17H15BrO3/c1-20-16-10-4-12(11-17(16)21-2)3-9-15(19)13-5-7-14(18)8-6-13/h3-11H,1-2H3. The van der Waals surface area contributed by atoms with Crippen LogP contribution in [0.4, 0.5) is 0 Å². The van der Waals surface area contributed by atoms with Crippen LogP contribution in [0, 0.1) is 0 Å². The van der Waals surface area contributed by atoms with Crippen molar-refractivity contribution in [2.24, 2.45) is 0 Å². The third-order valence-corrected chi connectivity index (χ3v) is 3.49. The fourth-order valence-corrected chi connectivity index (χ4v) is 2.10. The number of ketones is 1. The summed E-state index contributed by atoms with van der Waals surface area (Å²) in [7, 11) is 3.17. The summed E-state index contributed by atoms with van der Waals surface area (Å²) in [5.74, 6) is 1.25. The van der Waals surface area contributed by atoms with Crippen LogP contribution in [0.3, 0.4) is 0 Å². The molecule has 2 aromatic carbocycles. The minimum absolute atomic E-state index is 0.0442. The van der Waals surface area contributed by atoms with Crippen LogP contribution >= 0.6 is 15.9 Å². The molecular formula is C17H15BrO3. The number of hydrogen-bond donors (Lipinski definition) is 0. The molecule has 0 amide bonds. The van der Waals surface area contributed by atoms with Gasteiger partial charge in [-0.2, -0.15) is 0 Å². The van der Waals surface area contributed by atoms with E-state index < -0.39 is 0 Å². The normalized spacial score (nSPS) is 10.6. The maximum Gasteiger partial charge on any atom is 0.185 e. The fraction of sp³-hybridized carbons (Fsp3) is 0.118. The van der Waals surface area contributed by atoms with Gasteiger partial charge in [0.05, 0.1) is 14.2 Å². The molecule has 0 aliphatic rings. The van der Waals surface area contributed by atoms with Crippen molar-refractivity contribution in [2.75, 3.05) is 14.2 Å². The number of carbonyl (C=O) groups excluding carboxylic acids is 1. The summed E-state index contributed by atoms with van der Waals surface area (Å²) in [6, 6.07) is 12.8. The van der Waals surface area contributed by atoms with E-state index in [1.165, 1.54) is 0 Å². The molecule has 4 heteroatoms. The summed E-state index contributed by atoms with van der Waals surface area (Å²) < 4.78 is 11.4. The molecule has 0 aliphatic carbocycles. The highest BCUT2D eigenvalue weighted by Gasteiger charge is 2.04. The van der Waals surface area contributed by atoms with E-state index in [0.717, 1.165) is 10.0 Å². The zero-order valence-electron chi connectivity index (χ0n) is 11.8. The first-order valence-corrected chi connectivity index (χ1v) is 7.13. The van der Waals surface area contributed by atoms with Crippen LogP contribution in [0.15, 0.2) is 53.0 Å². The number of ether oxygens (including phenoxy) is 2. The van der Waals surface area contributed by atoms with Gasteiger partial charge in [-0.1, -0.05) is 28.1 Å². The van der Waals surface area contributed by atoms with Gasteiger partial charge in [-0.05, 0) is 48.0 Å². The van der Waals surface area contributed by atoms with Gasteiger partial charge < -0.3 is 9.47 Å². The van der Waals surface area contributed by atoms with Gasteiger partial charge in [-0.3, -0.25) is 4.79 Å². The largest absolute Gasteiger partial charge is 0.493 e. The first-order valence-electron chi connectivity index (χ1n) is 6.34. The Bertz CT molecular complexity index is 660. The number of halogens is 1. The molecule has 0 unspecified atom stereocenters. The van der Waals surface area contributed by atoms with Crippen LogP contribution in [0.5, 0.6) is 11.5 Å². The molecule has 0 radical (unpaired) electrons. The molecule has 108 valence electrons. The molecule has 0 spiro atoms. The van der Waals surface area contributed by atoms with Gasteiger partial charge in [0.15, 0.2) is 17.3 Å². The summed E-state index contributed by atoms with van der Waals surface area (Å²) in [5.41, 5.74) is 1.52. The highest BCUT2D eigenvalue weighted by atomic mass is 79.9. The molecule has 2 aromatic rings.